The number of anilines is 1. The average Bonchev–Trinajstić information content (AvgIpc) is 2.88. The van der Waals surface area contributed by atoms with Crippen molar-refractivity contribution in [3.05, 3.63) is 5.82 Å². The summed E-state index contributed by atoms with van der Waals surface area (Å²) in [5, 5.41) is 4.12. The van der Waals surface area contributed by atoms with Gasteiger partial charge in [0.05, 0.1) is 0 Å². The number of nitrogens with zero attached hydrogens (tertiary/aromatic N) is 3. The zero-order valence-electron chi connectivity index (χ0n) is 12.2. The summed E-state index contributed by atoms with van der Waals surface area (Å²) in [6, 6.07) is 0.620. The lowest BCUT2D eigenvalue weighted by atomic mass is 9.92. The van der Waals surface area contributed by atoms with E-state index in [0.717, 1.165) is 31.8 Å². The van der Waals surface area contributed by atoms with Crippen molar-refractivity contribution in [2.75, 3.05) is 18.0 Å². The Kier molecular flexibility index (Phi) is 4.80. The highest BCUT2D eigenvalue weighted by molar-refractivity contribution is 7.80. The fourth-order valence-corrected chi connectivity index (χ4v) is 2.58. The van der Waals surface area contributed by atoms with Crippen LogP contribution < -0.4 is 10.6 Å². The molecule has 7 heteroatoms. The maximum atomic E-state index is 5.41. The molecule has 20 heavy (non-hydrogen) atoms. The minimum Gasteiger partial charge on any atom is -0.468 e. The summed E-state index contributed by atoms with van der Waals surface area (Å²) in [4.78, 5) is 6.56. The monoisotopic (exact) mass is 298 g/mol. The summed E-state index contributed by atoms with van der Waals surface area (Å²) in [6.07, 6.45) is 2.07. The normalized spacial score (nSPS) is 18.3. The Labute approximate surface area is 124 Å². The summed E-state index contributed by atoms with van der Waals surface area (Å²) >= 11 is 4.78. The van der Waals surface area contributed by atoms with E-state index in [0.29, 0.717) is 11.9 Å². The molecule has 2 N–H and O–H groups in total. The van der Waals surface area contributed by atoms with Crippen LogP contribution in [0.3, 0.4) is 0 Å². The average molecular weight is 298 g/mol. The van der Waals surface area contributed by atoms with Crippen molar-refractivity contribution in [1.82, 2.24) is 10.1 Å². The Morgan fingerprint density at radius 2 is 2.05 bits per heavy atom. The molecule has 0 spiro atoms. The highest BCUT2D eigenvalue weighted by Crippen LogP contribution is 2.26. The van der Waals surface area contributed by atoms with Crippen molar-refractivity contribution in [2.45, 2.75) is 45.6 Å². The molecule has 1 fully saturated rings. The Morgan fingerprint density at radius 1 is 1.40 bits per heavy atom. The van der Waals surface area contributed by atoms with Gasteiger partial charge in [0.25, 0.3) is 5.17 Å². The summed E-state index contributed by atoms with van der Waals surface area (Å²) in [7, 11) is 0. The van der Waals surface area contributed by atoms with Gasteiger partial charge >= 0.3 is 6.01 Å². The molecule has 0 aromatic carbocycles. The lowest BCUT2D eigenvalue weighted by molar-refractivity contribution is 0.123. The van der Waals surface area contributed by atoms with Gasteiger partial charge in [-0.3, -0.25) is 0 Å². The molecule has 1 saturated heterocycles. The van der Waals surface area contributed by atoms with Gasteiger partial charge in [0.1, 0.15) is 6.10 Å². The first kappa shape index (κ1) is 15.0. The number of nitrogens with two attached hydrogens (primary N) is 1. The molecule has 112 valence electrons. The van der Waals surface area contributed by atoms with Gasteiger partial charge in [0.15, 0.2) is 5.82 Å². The molecule has 0 aliphatic carbocycles. The van der Waals surface area contributed by atoms with E-state index < -0.39 is 0 Å². The van der Waals surface area contributed by atoms with Crippen LogP contribution in [0.2, 0.25) is 0 Å². The third kappa shape index (κ3) is 3.59. The van der Waals surface area contributed by atoms with Crippen LogP contribution >= 0.6 is 12.2 Å². The summed E-state index contributed by atoms with van der Waals surface area (Å²) in [6.45, 7) is 7.89. The first-order chi connectivity index (χ1) is 9.47. The van der Waals surface area contributed by atoms with E-state index in [9.17, 15) is 0 Å². The van der Waals surface area contributed by atoms with Crippen LogP contribution in [0.5, 0.6) is 0 Å². The predicted octanol–water partition coefficient (Wildman–Crippen LogP) is 2.06. The largest absolute Gasteiger partial charge is 0.468 e. The molecule has 1 aliphatic rings. The number of hydrogen-bond acceptors (Lipinski definition) is 6. The zero-order valence-corrected chi connectivity index (χ0v) is 13.0. The van der Waals surface area contributed by atoms with E-state index in [2.05, 4.69) is 28.9 Å². The molecule has 0 amide bonds. The third-order valence-corrected chi connectivity index (χ3v) is 3.82. The van der Waals surface area contributed by atoms with E-state index in [1.54, 1.807) is 0 Å². The van der Waals surface area contributed by atoms with Gasteiger partial charge in [0, 0.05) is 19.0 Å². The van der Waals surface area contributed by atoms with Gasteiger partial charge in [-0.15, -0.1) is 0 Å². The van der Waals surface area contributed by atoms with Crippen LogP contribution in [0.1, 0.15) is 45.4 Å². The minimum absolute atomic E-state index is 0.0589. The molecule has 1 aromatic heterocycles. The van der Waals surface area contributed by atoms with Crippen LogP contribution in [-0.2, 0) is 4.74 Å². The second-order valence-electron chi connectivity index (χ2n) is 5.56. The van der Waals surface area contributed by atoms with Gasteiger partial charge in [0.2, 0.25) is 0 Å². The second-order valence-corrected chi connectivity index (χ2v) is 5.96. The predicted molar refractivity (Wildman–Crippen MR) is 80.7 cm³/mol. The molecular weight excluding hydrogens is 276 g/mol. The zero-order chi connectivity index (χ0) is 14.7. The topological polar surface area (TPSA) is 77.4 Å². The van der Waals surface area contributed by atoms with Gasteiger partial charge in [-0.25, -0.2) is 0 Å². The fraction of sp³-hybridized carbons (Fsp3) is 0.769. The van der Waals surface area contributed by atoms with Crippen LogP contribution in [0.4, 0.5) is 6.01 Å². The quantitative estimate of drug-likeness (QED) is 0.852. The SMILES string of the molecule is CC(C)c1noc(N2CCC(C(C)OC(N)=S)CC2)n1. The first-order valence-corrected chi connectivity index (χ1v) is 7.43. The molecule has 0 radical (unpaired) electrons. The minimum atomic E-state index is 0.0589. The van der Waals surface area contributed by atoms with Crippen molar-refractivity contribution >= 4 is 23.4 Å². The van der Waals surface area contributed by atoms with E-state index >= 15 is 0 Å². The van der Waals surface area contributed by atoms with E-state index in [1.165, 1.54) is 0 Å². The number of thiocarbonyl (C=S) groups is 1. The maximum Gasteiger partial charge on any atom is 0.324 e. The van der Waals surface area contributed by atoms with Crippen molar-refractivity contribution in [2.24, 2.45) is 11.7 Å². The van der Waals surface area contributed by atoms with Crippen LogP contribution in [0.15, 0.2) is 4.52 Å². The van der Waals surface area contributed by atoms with Crippen molar-refractivity contribution in [3.8, 4) is 0 Å². The number of rotatable bonds is 4. The Hall–Kier alpha value is -1.37. The van der Waals surface area contributed by atoms with Crippen molar-refractivity contribution in [3.63, 3.8) is 0 Å². The molecule has 2 heterocycles. The molecule has 1 atom stereocenters. The van der Waals surface area contributed by atoms with Gasteiger partial charge < -0.3 is 19.9 Å². The molecule has 6 nitrogen and oxygen atoms in total. The lowest BCUT2D eigenvalue weighted by Gasteiger charge is -2.33. The Bertz CT molecular complexity index is 455. The van der Waals surface area contributed by atoms with Gasteiger partial charge in [-0.1, -0.05) is 19.0 Å². The highest BCUT2D eigenvalue weighted by atomic mass is 32.1. The summed E-state index contributed by atoms with van der Waals surface area (Å²) in [5.74, 6) is 1.50. The van der Waals surface area contributed by atoms with Gasteiger partial charge in [-0.2, -0.15) is 4.98 Å². The Balaban J connectivity index is 1.88. The lowest BCUT2D eigenvalue weighted by Crippen LogP contribution is -2.39. The van der Waals surface area contributed by atoms with Crippen LogP contribution in [0.25, 0.3) is 0 Å². The van der Waals surface area contributed by atoms with Gasteiger partial charge in [-0.05, 0) is 37.9 Å². The van der Waals surface area contributed by atoms with E-state index in [-0.39, 0.29) is 17.2 Å². The molecule has 1 aromatic rings. The number of aromatic nitrogens is 2. The fourth-order valence-electron chi connectivity index (χ4n) is 2.43. The van der Waals surface area contributed by atoms with E-state index in [1.807, 2.05) is 6.92 Å². The van der Waals surface area contributed by atoms with Crippen molar-refractivity contribution < 1.29 is 9.26 Å². The number of hydrogen-bond donors (Lipinski definition) is 1. The summed E-state index contributed by atoms with van der Waals surface area (Å²) in [5.41, 5.74) is 5.41. The highest BCUT2D eigenvalue weighted by Gasteiger charge is 2.27. The van der Waals surface area contributed by atoms with Crippen LogP contribution in [0, 0.1) is 5.92 Å². The molecular formula is C13H22N4O2S. The van der Waals surface area contributed by atoms with Crippen LogP contribution in [-0.4, -0.2) is 34.5 Å². The molecule has 1 aliphatic heterocycles. The number of piperidine rings is 1. The van der Waals surface area contributed by atoms with E-state index in [4.69, 9.17) is 27.2 Å². The van der Waals surface area contributed by atoms with Crippen molar-refractivity contribution in [1.29, 1.82) is 0 Å². The molecule has 0 bridgehead atoms. The molecule has 0 saturated carbocycles. The summed E-state index contributed by atoms with van der Waals surface area (Å²) < 4.78 is 10.7. The number of ether oxygens (including phenoxy) is 1. The smallest absolute Gasteiger partial charge is 0.324 e. The first-order valence-electron chi connectivity index (χ1n) is 7.02. The Morgan fingerprint density at radius 3 is 2.55 bits per heavy atom. The maximum absolute atomic E-state index is 5.41. The molecule has 2 rings (SSSR count). The third-order valence-electron chi connectivity index (χ3n) is 3.72. The molecule has 1 unspecified atom stereocenters. The second kappa shape index (κ2) is 6.39. The standard InChI is InChI=1S/C13H22N4O2S/c1-8(2)11-15-13(19-16-11)17-6-4-10(5-7-17)9(3)18-12(14)20/h8-10H,4-7H2,1-3H3,(H2,14,20).